The van der Waals surface area contributed by atoms with E-state index in [1.165, 1.54) is 49.7 Å². The van der Waals surface area contributed by atoms with E-state index in [-0.39, 0.29) is 5.97 Å². The van der Waals surface area contributed by atoms with Crippen LogP contribution in [0.2, 0.25) is 0 Å². The van der Waals surface area contributed by atoms with E-state index >= 15 is 0 Å². The molecule has 2 fully saturated rings. The third-order valence-corrected chi connectivity index (χ3v) is 6.11. The molecule has 2 saturated heterocycles. The second-order valence-electron chi connectivity index (χ2n) is 8.72. The SMILES string of the molecule is CC(C)COc1ccc(C(=O)OC[C@@H]2CCC[N@@+]3(C)CCCC[C@H]23)cc1. The van der Waals surface area contributed by atoms with Crippen LogP contribution in [0.3, 0.4) is 0 Å². The fourth-order valence-electron chi connectivity index (χ4n) is 4.64. The van der Waals surface area contributed by atoms with E-state index in [4.69, 9.17) is 9.47 Å². The maximum absolute atomic E-state index is 12.4. The number of benzene rings is 1. The molecule has 144 valence electrons. The van der Waals surface area contributed by atoms with Gasteiger partial charge >= 0.3 is 5.97 Å². The summed E-state index contributed by atoms with van der Waals surface area (Å²) in [6.07, 6.45) is 6.37. The van der Waals surface area contributed by atoms with Crippen LogP contribution in [0.1, 0.15) is 56.3 Å². The molecular formula is C22H34NO3+. The molecule has 26 heavy (non-hydrogen) atoms. The number of rotatable bonds is 6. The van der Waals surface area contributed by atoms with E-state index < -0.39 is 0 Å². The van der Waals surface area contributed by atoms with Crippen LogP contribution in [0.4, 0.5) is 0 Å². The summed E-state index contributed by atoms with van der Waals surface area (Å²) in [4.78, 5) is 12.4. The Kier molecular flexibility index (Phi) is 6.23. The van der Waals surface area contributed by atoms with Crippen LogP contribution in [0.25, 0.3) is 0 Å². The average molecular weight is 361 g/mol. The lowest BCUT2D eigenvalue weighted by atomic mass is 9.82. The Morgan fingerprint density at radius 3 is 2.58 bits per heavy atom. The first-order chi connectivity index (χ1) is 12.5. The highest BCUT2D eigenvalue weighted by atomic mass is 16.5. The normalized spacial score (nSPS) is 28.5. The summed E-state index contributed by atoms with van der Waals surface area (Å²) in [5.74, 6) is 1.58. The van der Waals surface area contributed by atoms with Crippen molar-refractivity contribution >= 4 is 5.97 Å². The molecule has 1 aromatic rings. The van der Waals surface area contributed by atoms with E-state index in [9.17, 15) is 4.79 Å². The second kappa shape index (κ2) is 8.43. The smallest absolute Gasteiger partial charge is 0.338 e. The lowest BCUT2D eigenvalue weighted by Crippen LogP contribution is -2.61. The topological polar surface area (TPSA) is 35.5 Å². The maximum Gasteiger partial charge on any atom is 0.338 e. The number of hydrogen-bond donors (Lipinski definition) is 0. The molecule has 0 radical (unpaired) electrons. The number of hydrogen-bond acceptors (Lipinski definition) is 3. The molecule has 2 aliphatic heterocycles. The zero-order valence-electron chi connectivity index (χ0n) is 16.6. The Labute approximate surface area is 158 Å². The van der Waals surface area contributed by atoms with Crippen LogP contribution in [0.15, 0.2) is 24.3 Å². The average Bonchev–Trinajstić information content (AvgIpc) is 2.64. The first-order valence-corrected chi connectivity index (χ1v) is 10.2. The van der Waals surface area contributed by atoms with E-state index in [1.807, 2.05) is 12.1 Å². The van der Waals surface area contributed by atoms with Crippen molar-refractivity contribution in [3.05, 3.63) is 29.8 Å². The zero-order chi connectivity index (χ0) is 18.6. The molecule has 4 nitrogen and oxygen atoms in total. The van der Waals surface area contributed by atoms with Gasteiger partial charge < -0.3 is 14.0 Å². The maximum atomic E-state index is 12.4. The number of esters is 1. The Balaban J connectivity index is 1.53. The lowest BCUT2D eigenvalue weighted by Gasteiger charge is -2.51. The number of carbonyl (C=O) groups excluding carboxylic acids is 1. The van der Waals surface area contributed by atoms with Crippen molar-refractivity contribution in [3.63, 3.8) is 0 Å². The van der Waals surface area contributed by atoms with E-state index in [0.29, 0.717) is 36.7 Å². The van der Waals surface area contributed by atoms with Gasteiger partial charge in [-0.3, -0.25) is 0 Å². The highest BCUT2D eigenvalue weighted by Gasteiger charge is 2.43. The van der Waals surface area contributed by atoms with E-state index in [0.717, 1.165) is 5.75 Å². The molecule has 0 amide bonds. The molecule has 0 aromatic heterocycles. The summed E-state index contributed by atoms with van der Waals surface area (Å²) in [7, 11) is 2.40. The summed E-state index contributed by atoms with van der Waals surface area (Å²) in [6.45, 7) is 8.05. The summed E-state index contributed by atoms with van der Waals surface area (Å²) in [5, 5.41) is 0. The quantitative estimate of drug-likeness (QED) is 0.561. The van der Waals surface area contributed by atoms with Gasteiger partial charge in [-0.2, -0.15) is 0 Å². The van der Waals surface area contributed by atoms with Crippen molar-refractivity contribution in [2.45, 2.75) is 52.0 Å². The summed E-state index contributed by atoms with van der Waals surface area (Å²) in [5.41, 5.74) is 0.610. The van der Waals surface area contributed by atoms with Crippen molar-refractivity contribution in [3.8, 4) is 5.75 Å². The minimum atomic E-state index is -0.212. The number of nitrogens with zero attached hydrogens (tertiary/aromatic N) is 1. The third kappa shape index (κ3) is 4.59. The van der Waals surface area contributed by atoms with Crippen molar-refractivity contribution in [1.82, 2.24) is 0 Å². The fraction of sp³-hybridized carbons (Fsp3) is 0.682. The van der Waals surface area contributed by atoms with Gasteiger partial charge in [0.15, 0.2) is 0 Å². The van der Waals surface area contributed by atoms with Gasteiger partial charge in [0.05, 0.1) is 38.3 Å². The number of ether oxygens (including phenoxy) is 2. The van der Waals surface area contributed by atoms with Crippen LogP contribution in [0.5, 0.6) is 5.75 Å². The fourth-order valence-corrected chi connectivity index (χ4v) is 4.64. The molecule has 2 aliphatic rings. The van der Waals surface area contributed by atoms with Crippen LogP contribution in [-0.2, 0) is 4.74 Å². The number of quaternary nitrogens is 1. The van der Waals surface area contributed by atoms with Crippen molar-refractivity contribution in [1.29, 1.82) is 0 Å². The lowest BCUT2D eigenvalue weighted by molar-refractivity contribution is -0.947. The largest absolute Gasteiger partial charge is 0.493 e. The highest BCUT2D eigenvalue weighted by Crippen LogP contribution is 2.36. The first-order valence-electron chi connectivity index (χ1n) is 10.2. The monoisotopic (exact) mass is 360 g/mol. The predicted octanol–water partition coefficient (Wildman–Crippen LogP) is 4.29. The minimum Gasteiger partial charge on any atom is -0.493 e. The van der Waals surface area contributed by atoms with Gasteiger partial charge in [-0.05, 0) is 55.9 Å². The predicted molar refractivity (Wildman–Crippen MR) is 103 cm³/mol. The van der Waals surface area contributed by atoms with Crippen molar-refractivity contribution in [2.24, 2.45) is 11.8 Å². The molecule has 0 bridgehead atoms. The summed E-state index contributed by atoms with van der Waals surface area (Å²) >= 11 is 0. The Bertz CT molecular complexity index is 594. The molecule has 0 spiro atoms. The van der Waals surface area contributed by atoms with Gasteiger partial charge in [-0.15, -0.1) is 0 Å². The molecule has 1 aromatic carbocycles. The third-order valence-electron chi connectivity index (χ3n) is 6.11. The van der Waals surface area contributed by atoms with Crippen LogP contribution < -0.4 is 4.74 Å². The van der Waals surface area contributed by atoms with E-state index in [1.54, 1.807) is 12.1 Å². The number of fused-ring (bicyclic) bond motifs is 1. The van der Waals surface area contributed by atoms with Gasteiger partial charge in [-0.1, -0.05) is 13.8 Å². The Morgan fingerprint density at radius 1 is 1.12 bits per heavy atom. The first kappa shape index (κ1) is 19.2. The van der Waals surface area contributed by atoms with Crippen LogP contribution >= 0.6 is 0 Å². The molecule has 0 aliphatic carbocycles. The van der Waals surface area contributed by atoms with Gasteiger partial charge in [0, 0.05) is 12.3 Å². The second-order valence-corrected chi connectivity index (χ2v) is 8.72. The van der Waals surface area contributed by atoms with Gasteiger partial charge in [-0.25, -0.2) is 4.79 Å². The van der Waals surface area contributed by atoms with Gasteiger partial charge in [0.25, 0.3) is 0 Å². The van der Waals surface area contributed by atoms with Crippen LogP contribution in [-0.4, -0.2) is 49.8 Å². The zero-order valence-corrected chi connectivity index (χ0v) is 16.6. The standard InChI is InChI=1S/C22H34NO3/c1-17(2)15-25-20-11-9-18(10-12-20)22(24)26-16-19-7-6-14-23(3)13-5-4-8-21(19)23/h9-12,17,19,21H,4-8,13-16H2,1-3H3/q+1/t19-,21+,23+/m0/s1. The Hall–Kier alpha value is -1.55. The summed E-state index contributed by atoms with van der Waals surface area (Å²) in [6, 6.07) is 7.99. The molecular weight excluding hydrogens is 326 g/mol. The minimum absolute atomic E-state index is 0.212. The summed E-state index contributed by atoms with van der Waals surface area (Å²) < 4.78 is 12.6. The molecule has 2 heterocycles. The molecule has 4 heteroatoms. The van der Waals surface area contributed by atoms with Gasteiger partial charge in [0.1, 0.15) is 12.4 Å². The molecule has 0 N–H and O–H groups in total. The van der Waals surface area contributed by atoms with Crippen molar-refractivity contribution in [2.75, 3.05) is 33.4 Å². The molecule has 3 atom stereocenters. The molecule has 3 rings (SSSR count). The number of carbonyl (C=O) groups is 1. The van der Waals surface area contributed by atoms with E-state index in [2.05, 4.69) is 20.9 Å². The molecule has 0 unspecified atom stereocenters. The Morgan fingerprint density at radius 2 is 1.85 bits per heavy atom. The van der Waals surface area contributed by atoms with Gasteiger partial charge in [0.2, 0.25) is 0 Å². The highest BCUT2D eigenvalue weighted by molar-refractivity contribution is 5.89. The molecule has 0 saturated carbocycles. The number of piperidine rings is 2. The van der Waals surface area contributed by atoms with Crippen LogP contribution in [0, 0.1) is 11.8 Å². The van der Waals surface area contributed by atoms with Crippen molar-refractivity contribution < 1.29 is 18.8 Å².